The van der Waals surface area contributed by atoms with Crippen molar-refractivity contribution < 1.29 is 24.9 Å². The fourth-order valence-corrected chi connectivity index (χ4v) is 1.47. The first-order valence-corrected chi connectivity index (χ1v) is 5.41. The number of phenols is 1. The Bertz CT molecular complexity index is 475. The van der Waals surface area contributed by atoms with Crippen LogP contribution < -0.4 is 5.32 Å². The molecule has 7 heteroatoms. The smallest absolute Gasteiger partial charge is 0.328 e. The van der Waals surface area contributed by atoms with Gasteiger partial charge >= 0.3 is 5.97 Å². The van der Waals surface area contributed by atoms with Crippen molar-refractivity contribution in [3.8, 4) is 5.75 Å². The van der Waals surface area contributed by atoms with Crippen molar-refractivity contribution in [2.45, 2.75) is 19.1 Å². The van der Waals surface area contributed by atoms with Gasteiger partial charge in [-0.05, 0) is 25.1 Å². The predicted octanol–water partition coefficient (Wildman–Crippen LogP) is 0.609. The van der Waals surface area contributed by atoms with Crippen LogP contribution in [-0.2, 0) is 4.79 Å². The van der Waals surface area contributed by atoms with Gasteiger partial charge in [0.1, 0.15) is 5.75 Å². The number of carboxylic acid groups (broad SMARTS) is 1. The van der Waals surface area contributed by atoms with Crippen molar-refractivity contribution in [1.82, 2.24) is 5.32 Å². The third-order valence-corrected chi connectivity index (χ3v) is 2.47. The highest BCUT2D eigenvalue weighted by atomic mass is 35.5. The van der Waals surface area contributed by atoms with Crippen molar-refractivity contribution in [3.05, 3.63) is 28.8 Å². The summed E-state index contributed by atoms with van der Waals surface area (Å²) in [7, 11) is 0. The van der Waals surface area contributed by atoms with Crippen LogP contribution in [-0.4, -0.2) is 39.3 Å². The molecule has 1 rings (SSSR count). The maximum absolute atomic E-state index is 11.7. The van der Waals surface area contributed by atoms with E-state index < -0.39 is 24.0 Å². The maximum Gasteiger partial charge on any atom is 0.328 e. The van der Waals surface area contributed by atoms with Crippen LogP contribution in [0.5, 0.6) is 5.75 Å². The molecule has 0 unspecified atom stereocenters. The highest BCUT2D eigenvalue weighted by Gasteiger charge is 2.26. The molecule has 2 atom stereocenters. The third kappa shape index (κ3) is 3.35. The lowest BCUT2D eigenvalue weighted by Gasteiger charge is -2.17. The van der Waals surface area contributed by atoms with Crippen LogP contribution in [0.1, 0.15) is 17.3 Å². The molecule has 0 saturated heterocycles. The van der Waals surface area contributed by atoms with Crippen molar-refractivity contribution >= 4 is 23.5 Å². The maximum atomic E-state index is 11.7. The fourth-order valence-electron chi connectivity index (χ4n) is 1.30. The molecule has 6 nitrogen and oxygen atoms in total. The molecule has 0 aromatic heterocycles. The monoisotopic (exact) mass is 273 g/mol. The molecule has 0 radical (unpaired) electrons. The fraction of sp³-hybridized carbons (Fsp3) is 0.273. The molecule has 1 aromatic rings. The van der Waals surface area contributed by atoms with E-state index in [4.69, 9.17) is 16.7 Å². The number of hydrogen-bond donors (Lipinski definition) is 4. The van der Waals surface area contributed by atoms with Crippen LogP contribution in [0.2, 0.25) is 5.02 Å². The van der Waals surface area contributed by atoms with E-state index in [0.717, 1.165) is 0 Å². The van der Waals surface area contributed by atoms with Crippen molar-refractivity contribution in [2.24, 2.45) is 0 Å². The number of aromatic hydroxyl groups is 1. The van der Waals surface area contributed by atoms with Gasteiger partial charge in [0.05, 0.1) is 11.7 Å². The van der Waals surface area contributed by atoms with Gasteiger partial charge in [0.25, 0.3) is 5.91 Å². The molecule has 0 aliphatic heterocycles. The Morgan fingerprint density at radius 3 is 2.50 bits per heavy atom. The van der Waals surface area contributed by atoms with Gasteiger partial charge in [0, 0.05) is 5.02 Å². The molecule has 0 heterocycles. The zero-order valence-corrected chi connectivity index (χ0v) is 10.2. The number of carbonyl (C=O) groups excluding carboxylic acids is 1. The van der Waals surface area contributed by atoms with E-state index in [-0.39, 0.29) is 16.3 Å². The summed E-state index contributed by atoms with van der Waals surface area (Å²) < 4.78 is 0. The van der Waals surface area contributed by atoms with Crippen LogP contribution in [0.25, 0.3) is 0 Å². The van der Waals surface area contributed by atoms with Crippen LogP contribution in [0.15, 0.2) is 18.2 Å². The Hall–Kier alpha value is -1.79. The van der Waals surface area contributed by atoms with E-state index in [1.54, 1.807) is 0 Å². The number of hydrogen-bond acceptors (Lipinski definition) is 4. The van der Waals surface area contributed by atoms with E-state index in [0.29, 0.717) is 0 Å². The SMILES string of the molecule is C[C@@H](O)[C@H](NC(=O)c1cc(Cl)ccc1O)C(=O)O. The second-order valence-electron chi connectivity index (χ2n) is 3.69. The molecule has 18 heavy (non-hydrogen) atoms. The molecule has 1 amide bonds. The molecule has 0 saturated carbocycles. The van der Waals surface area contributed by atoms with Gasteiger partial charge in [-0.2, -0.15) is 0 Å². The number of amides is 1. The number of aliphatic carboxylic acids is 1. The zero-order valence-electron chi connectivity index (χ0n) is 9.42. The Kier molecular flexibility index (Phi) is 4.52. The van der Waals surface area contributed by atoms with Gasteiger partial charge < -0.3 is 20.6 Å². The summed E-state index contributed by atoms with van der Waals surface area (Å²) in [5, 5.41) is 29.8. The number of rotatable bonds is 4. The van der Waals surface area contributed by atoms with Crippen molar-refractivity contribution in [3.63, 3.8) is 0 Å². The average molecular weight is 274 g/mol. The Morgan fingerprint density at radius 2 is 2.00 bits per heavy atom. The Morgan fingerprint density at radius 1 is 1.39 bits per heavy atom. The van der Waals surface area contributed by atoms with Crippen molar-refractivity contribution in [1.29, 1.82) is 0 Å². The largest absolute Gasteiger partial charge is 0.507 e. The number of aliphatic hydroxyl groups is 1. The molecule has 1 aromatic carbocycles. The predicted molar refractivity (Wildman–Crippen MR) is 63.7 cm³/mol. The van der Waals surface area contributed by atoms with Gasteiger partial charge in [0.2, 0.25) is 0 Å². The van der Waals surface area contributed by atoms with E-state index in [1.165, 1.54) is 25.1 Å². The number of nitrogens with one attached hydrogen (secondary N) is 1. The van der Waals surface area contributed by atoms with Crippen LogP contribution in [0, 0.1) is 0 Å². The molecular weight excluding hydrogens is 262 g/mol. The first-order chi connectivity index (χ1) is 8.32. The summed E-state index contributed by atoms with van der Waals surface area (Å²) in [6, 6.07) is 2.34. The van der Waals surface area contributed by atoms with Gasteiger partial charge in [-0.15, -0.1) is 0 Å². The van der Waals surface area contributed by atoms with Gasteiger partial charge in [-0.1, -0.05) is 11.6 Å². The summed E-state index contributed by atoms with van der Waals surface area (Å²) in [5.41, 5.74) is -0.158. The first kappa shape index (κ1) is 14.3. The van der Waals surface area contributed by atoms with Crippen LogP contribution >= 0.6 is 11.6 Å². The second kappa shape index (κ2) is 5.70. The molecule has 0 bridgehead atoms. The Labute approximate surface area is 108 Å². The first-order valence-electron chi connectivity index (χ1n) is 5.03. The molecule has 98 valence electrons. The number of aliphatic hydroxyl groups excluding tert-OH is 1. The topological polar surface area (TPSA) is 107 Å². The van der Waals surface area contributed by atoms with E-state index in [9.17, 15) is 19.8 Å². The van der Waals surface area contributed by atoms with E-state index >= 15 is 0 Å². The number of phenolic OH excluding ortho intramolecular Hbond substituents is 1. The van der Waals surface area contributed by atoms with Crippen LogP contribution in [0.4, 0.5) is 0 Å². The normalized spacial score (nSPS) is 13.7. The standard InChI is InChI=1S/C11H12ClNO5/c1-5(14)9(11(17)18)13-10(16)7-4-6(12)2-3-8(7)15/h2-5,9,14-15H,1H3,(H,13,16)(H,17,18)/t5-,9+/m1/s1. The third-order valence-electron chi connectivity index (χ3n) is 2.24. The Balaban J connectivity index is 2.94. The minimum absolute atomic E-state index is 0.158. The highest BCUT2D eigenvalue weighted by molar-refractivity contribution is 6.31. The lowest BCUT2D eigenvalue weighted by molar-refractivity contribution is -0.141. The minimum atomic E-state index is -1.46. The van der Waals surface area contributed by atoms with Crippen LogP contribution in [0.3, 0.4) is 0 Å². The van der Waals surface area contributed by atoms with Crippen molar-refractivity contribution in [2.75, 3.05) is 0 Å². The lowest BCUT2D eigenvalue weighted by atomic mass is 10.1. The molecule has 4 N–H and O–H groups in total. The summed E-state index contributed by atoms with van der Waals surface area (Å²) in [5.74, 6) is -2.53. The van der Waals surface area contributed by atoms with E-state index in [1.807, 2.05) is 0 Å². The minimum Gasteiger partial charge on any atom is -0.507 e. The van der Waals surface area contributed by atoms with Gasteiger partial charge in [-0.25, -0.2) is 4.79 Å². The number of benzene rings is 1. The summed E-state index contributed by atoms with van der Waals surface area (Å²) >= 11 is 5.67. The molecule has 0 spiro atoms. The average Bonchev–Trinajstić information content (AvgIpc) is 2.28. The van der Waals surface area contributed by atoms with Gasteiger partial charge in [-0.3, -0.25) is 4.79 Å². The number of carboxylic acids is 1. The molecule has 0 fully saturated rings. The zero-order chi connectivity index (χ0) is 13.9. The quantitative estimate of drug-likeness (QED) is 0.643. The summed E-state index contributed by atoms with van der Waals surface area (Å²) in [6.07, 6.45) is -1.27. The summed E-state index contributed by atoms with van der Waals surface area (Å²) in [6.45, 7) is 1.23. The second-order valence-corrected chi connectivity index (χ2v) is 4.13. The number of halogens is 1. The summed E-state index contributed by atoms with van der Waals surface area (Å²) in [4.78, 5) is 22.5. The lowest BCUT2D eigenvalue weighted by Crippen LogP contribution is -2.47. The molecule has 0 aliphatic rings. The van der Waals surface area contributed by atoms with E-state index in [2.05, 4.69) is 5.32 Å². The molecule has 0 aliphatic carbocycles. The van der Waals surface area contributed by atoms with Gasteiger partial charge in [0.15, 0.2) is 6.04 Å². The molecular formula is C11H12ClNO5. The highest BCUT2D eigenvalue weighted by Crippen LogP contribution is 2.21. The number of carbonyl (C=O) groups is 2.